The molecule has 76 valence electrons. The number of rotatable bonds is 4. The van der Waals surface area contributed by atoms with Crippen LogP contribution >= 0.6 is 0 Å². The highest BCUT2D eigenvalue weighted by molar-refractivity contribution is 5.28. The lowest BCUT2D eigenvalue weighted by molar-refractivity contribution is 0.422. The predicted molar refractivity (Wildman–Crippen MR) is 62.0 cm³/mol. The van der Waals surface area contributed by atoms with E-state index in [1.165, 1.54) is 0 Å². The maximum Gasteiger partial charge on any atom is 0.0595 e. The monoisotopic (exact) mass is 189 g/mol. The zero-order chi connectivity index (χ0) is 10.6. The smallest absolute Gasteiger partial charge is 0.0595 e. The normalized spacial score (nSPS) is 15.1. The maximum atomic E-state index is 6.30. The summed E-state index contributed by atoms with van der Waals surface area (Å²) in [6, 6.07) is 10.2. The van der Waals surface area contributed by atoms with Crippen LogP contribution in [0.5, 0.6) is 0 Å². The van der Waals surface area contributed by atoms with Crippen LogP contribution in [-0.2, 0) is 5.54 Å². The third kappa shape index (κ3) is 2.46. The Morgan fingerprint density at radius 3 is 2.36 bits per heavy atom. The predicted octanol–water partition coefficient (Wildman–Crippen LogP) is 3.07. The van der Waals surface area contributed by atoms with Gasteiger partial charge in [0.05, 0.1) is 5.54 Å². The summed E-state index contributed by atoms with van der Waals surface area (Å²) >= 11 is 0. The fourth-order valence-corrected chi connectivity index (χ4v) is 1.74. The van der Waals surface area contributed by atoms with Gasteiger partial charge >= 0.3 is 0 Å². The van der Waals surface area contributed by atoms with E-state index in [2.05, 4.69) is 32.6 Å². The van der Waals surface area contributed by atoms with Crippen molar-refractivity contribution in [2.75, 3.05) is 0 Å². The van der Waals surface area contributed by atoms with E-state index < -0.39 is 0 Å². The van der Waals surface area contributed by atoms with Crippen LogP contribution < -0.4 is 5.73 Å². The van der Waals surface area contributed by atoms with Crippen LogP contribution in [0, 0.1) is 5.92 Å². The first-order chi connectivity index (χ1) is 6.58. The van der Waals surface area contributed by atoms with Crippen molar-refractivity contribution >= 4 is 0 Å². The largest absolute Gasteiger partial charge is 0.318 e. The summed E-state index contributed by atoms with van der Waals surface area (Å²) in [5.41, 5.74) is 7.06. The van der Waals surface area contributed by atoms with Gasteiger partial charge in [-0.15, -0.1) is 6.58 Å². The number of nitrogens with two attached hydrogens (primary N) is 1. The molecule has 14 heavy (non-hydrogen) atoms. The van der Waals surface area contributed by atoms with E-state index in [0.29, 0.717) is 5.92 Å². The van der Waals surface area contributed by atoms with Crippen molar-refractivity contribution in [1.82, 2.24) is 0 Å². The van der Waals surface area contributed by atoms with E-state index in [0.717, 1.165) is 12.0 Å². The number of hydrogen-bond acceptors (Lipinski definition) is 1. The molecule has 2 N–H and O–H groups in total. The van der Waals surface area contributed by atoms with E-state index in [1.807, 2.05) is 24.3 Å². The molecule has 1 nitrogen and oxygen atoms in total. The van der Waals surface area contributed by atoms with Gasteiger partial charge in [0, 0.05) is 0 Å². The Hall–Kier alpha value is -1.08. The molecule has 1 aromatic carbocycles. The number of hydrogen-bond donors (Lipinski definition) is 1. The molecule has 1 atom stereocenters. The summed E-state index contributed by atoms with van der Waals surface area (Å²) in [6.07, 6.45) is 2.78. The van der Waals surface area contributed by atoms with E-state index in [-0.39, 0.29) is 5.54 Å². The van der Waals surface area contributed by atoms with Gasteiger partial charge in [-0.2, -0.15) is 0 Å². The average Bonchev–Trinajstić information content (AvgIpc) is 2.18. The first-order valence-electron chi connectivity index (χ1n) is 5.06. The summed E-state index contributed by atoms with van der Waals surface area (Å²) in [5, 5.41) is 0. The van der Waals surface area contributed by atoms with Crippen LogP contribution in [0.2, 0.25) is 0 Å². The van der Waals surface area contributed by atoms with Gasteiger partial charge in [0.15, 0.2) is 0 Å². The van der Waals surface area contributed by atoms with Crippen LogP contribution in [0.1, 0.15) is 25.8 Å². The molecule has 0 aliphatic carbocycles. The van der Waals surface area contributed by atoms with Crippen LogP contribution in [0.4, 0.5) is 0 Å². The second-order valence-corrected chi connectivity index (χ2v) is 4.21. The fourth-order valence-electron chi connectivity index (χ4n) is 1.74. The van der Waals surface area contributed by atoms with Gasteiger partial charge < -0.3 is 5.73 Å². The molecular weight excluding hydrogens is 170 g/mol. The fraction of sp³-hybridized carbons (Fsp3) is 0.385. The molecule has 0 heterocycles. The molecule has 0 radical (unpaired) electrons. The summed E-state index contributed by atoms with van der Waals surface area (Å²) in [7, 11) is 0. The van der Waals surface area contributed by atoms with Crippen molar-refractivity contribution in [3.63, 3.8) is 0 Å². The lowest BCUT2D eigenvalue weighted by Gasteiger charge is -2.28. The van der Waals surface area contributed by atoms with E-state index in [4.69, 9.17) is 5.73 Å². The lowest BCUT2D eigenvalue weighted by atomic mass is 9.83. The average molecular weight is 189 g/mol. The molecule has 0 bridgehead atoms. The Morgan fingerprint density at radius 2 is 1.93 bits per heavy atom. The Bertz CT molecular complexity index is 289. The van der Waals surface area contributed by atoms with Gasteiger partial charge in [0.25, 0.3) is 0 Å². The van der Waals surface area contributed by atoms with E-state index in [9.17, 15) is 0 Å². The van der Waals surface area contributed by atoms with Crippen molar-refractivity contribution in [2.45, 2.75) is 25.8 Å². The van der Waals surface area contributed by atoms with Gasteiger partial charge in [-0.05, 0) is 17.9 Å². The zero-order valence-corrected chi connectivity index (χ0v) is 9.03. The molecule has 1 aromatic rings. The Labute approximate surface area is 86.6 Å². The molecule has 0 saturated carbocycles. The highest BCUT2D eigenvalue weighted by atomic mass is 14.7. The van der Waals surface area contributed by atoms with Crippen LogP contribution in [0.25, 0.3) is 0 Å². The Balaban J connectivity index is 2.96. The highest BCUT2D eigenvalue weighted by Gasteiger charge is 2.23. The number of benzene rings is 1. The van der Waals surface area contributed by atoms with Gasteiger partial charge in [-0.1, -0.05) is 50.3 Å². The van der Waals surface area contributed by atoms with Crippen molar-refractivity contribution in [3.8, 4) is 0 Å². The topological polar surface area (TPSA) is 26.0 Å². The van der Waals surface area contributed by atoms with E-state index >= 15 is 0 Å². The zero-order valence-electron chi connectivity index (χ0n) is 9.03. The minimum absolute atomic E-state index is 0.380. The van der Waals surface area contributed by atoms with Crippen LogP contribution in [0.3, 0.4) is 0 Å². The minimum atomic E-state index is -0.380. The second kappa shape index (κ2) is 4.43. The van der Waals surface area contributed by atoms with Gasteiger partial charge in [-0.25, -0.2) is 0 Å². The summed E-state index contributed by atoms with van der Waals surface area (Å²) in [4.78, 5) is 0. The molecule has 1 rings (SSSR count). The molecule has 0 spiro atoms. The quantitative estimate of drug-likeness (QED) is 0.724. The molecule has 1 heteroatoms. The highest BCUT2D eigenvalue weighted by Crippen LogP contribution is 2.26. The first-order valence-corrected chi connectivity index (χ1v) is 5.06. The van der Waals surface area contributed by atoms with E-state index in [1.54, 1.807) is 0 Å². The molecule has 0 fully saturated rings. The molecule has 0 aliphatic rings. The minimum Gasteiger partial charge on any atom is -0.318 e. The van der Waals surface area contributed by atoms with Crippen molar-refractivity contribution in [2.24, 2.45) is 11.7 Å². The van der Waals surface area contributed by atoms with Crippen LogP contribution in [0.15, 0.2) is 43.0 Å². The van der Waals surface area contributed by atoms with Gasteiger partial charge in [0.1, 0.15) is 0 Å². The molecule has 0 saturated heterocycles. The van der Waals surface area contributed by atoms with Gasteiger partial charge in [0.2, 0.25) is 0 Å². The maximum absolute atomic E-state index is 6.30. The second-order valence-electron chi connectivity index (χ2n) is 4.21. The summed E-state index contributed by atoms with van der Waals surface area (Å²) < 4.78 is 0. The van der Waals surface area contributed by atoms with Gasteiger partial charge in [-0.3, -0.25) is 0 Å². The molecule has 0 aliphatic heterocycles. The SMILES string of the molecule is C=CC(N)(CC(C)C)c1ccccc1. The van der Waals surface area contributed by atoms with Crippen molar-refractivity contribution in [1.29, 1.82) is 0 Å². The molecule has 0 amide bonds. The van der Waals surface area contributed by atoms with Crippen molar-refractivity contribution < 1.29 is 0 Å². The third-order valence-corrected chi connectivity index (χ3v) is 2.42. The lowest BCUT2D eigenvalue weighted by Crippen LogP contribution is -2.35. The van der Waals surface area contributed by atoms with Crippen LogP contribution in [-0.4, -0.2) is 0 Å². The molecule has 1 unspecified atom stereocenters. The first kappa shape index (κ1) is 11.0. The summed E-state index contributed by atoms with van der Waals surface area (Å²) in [5.74, 6) is 0.568. The summed E-state index contributed by atoms with van der Waals surface area (Å²) in [6.45, 7) is 8.19. The third-order valence-electron chi connectivity index (χ3n) is 2.42. The van der Waals surface area contributed by atoms with Crippen molar-refractivity contribution in [3.05, 3.63) is 48.6 Å². The standard InChI is InChI=1S/C13H19N/c1-4-13(14,10-11(2)3)12-8-6-5-7-9-12/h4-9,11H,1,10,14H2,2-3H3. The molecule has 0 aromatic heterocycles. The Morgan fingerprint density at radius 1 is 1.36 bits per heavy atom. The Kier molecular flexibility index (Phi) is 3.48. The molecular formula is C13H19N.